The average Bonchev–Trinajstić information content (AvgIpc) is 3.16. The largest absolute Gasteiger partial charge is 0.453 e. The number of imidazole rings is 1. The van der Waals surface area contributed by atoms with Gasteiger partial charge in [-0.15, -0.1) is 0 Å². The van der Waals surface area contributed by atoms with Crippen molar-refractivity contribution in [3.05, 3.63) is 78.4 Å². The first-order valence-corrected chi connectivity index (χ1v) is 10.8. The number of aryl methyl sites for hydroxylation is 1. The van der Waals surface area contributed by atoms with Crippen LogP contribution in [0.2, 0.25) is 0 Å². The molecular formula is C23H21FN4O2S. The Morgan fingerprint density at radius 2 is 2.06 bits per heavy atom. The molecule has 0 radical (unpaired) electrons. The van der Waals surface area contributed by atoms with E-state index >= 15 is 0 Å². The lowest BCUT2D eigenvalue weighted by Gasteiger charge is -2.09. The number of amides is 1. The summed E-state index contributed by atoms with van der Waals surface area (Å²) < 4.78 is 21.9. The summed E-state index contributed by atoms with van der Waals surface area (Å²) in [6, 6.07) is 15.9. The predicted octanol–water partition coefficient (Wildman–Crippen LogP) is 4.79. The SMILES string of the molecule is CCn1c(SCC(=O)NCc2ccc(Oc3cccnc3)c(F)c2)nc2ccccc21. The number of nitrogens with one attached hydrogen (secondary N) is 1. The zero-order valence-corrected chi connectivity index (χ0v) is 17.7. The second-order valence-electron chi connectivity index (χ2n) is 6.75. The fourth-order valence-electron chi connectivity index (χ4n) is 3.12. The number of carbonyl (C=O) groups is 1. The van der Waals surface area contributed by atoms with Crippen molar-refractivity contribution in [1.82, 2.24) is 19.9 Å². The van der Waals surface area contributed by atoms with E-state index < -0.39 is 5.82 Å². The zero-order valence-electron chi connectivity index (χ0n) is 16.9. The molecular weight excluding hydrogens is 415 g/mol. The Hall–Kier alpha value is -3.39. The standard InChI is InChI=1S/C23H21FN4O2S/c1-2-28-20-8-4-3-7-19(20)27-23(28)31-15-22(29)26-13-16-9-10-21(18(24)12-16)30-17-6-5-11-25-14-17/h3-12,14H,2,13,15H2,1H3,(H,26,29). The van der Waals surface area contributed by atoms with Gasteiger partial charge < -0.3 is 14.6 Å². The minimum absolute atomic E-state index is 0.108. The molecule has 0 spiro atoms. The van der Waals surface area contributed by atoms with E-state index in [0.29, 0.717) is 11.3 Å². The van der Waals surface area contributed by atoms with Crippen LogP contribution >= 0.6 is 11.8 Å². The summed E-state index contributed by atoms with van der Waals surface area (Å²) in [5.41, 5.74) is 2.61. The fourth-order valence-corrected chi connectivity index (χ4v) is 4.03. The number of aromatic nitrogens is 3. The number of nitrogens with zero attached hydrogens (tertiary/aromatic N) is 3. The molecule has 2 heterocycles. The van der Waals surface area contributed by atoms with Gasteiger partial charge in [0.15, 0.2) is 16.7 Å². The lowest BCUT2D eigenvalue weighted by molar-refractivity contribution is -0.118. The maximum absolute atomic E-state index is 14.3. The molecule has 0 bridgehead atoms. The van der Waals surface area contributed by atoms with E-state index in [1.807, 2.05) is 24.3 Å². The highest BCUT2D eigenvalue weighted by Gasteiger charge is 2.12. The number of para-hydroxylation sites is 2. The van der Waals surface area contributed by atoms with Crippen LogP contribution in [0, 0.1) is 5.82 Å². The Kier molecular flexibility index (Phi) is 6.47. The molecule has 0 aliphatic heterocycles. The molecule has 0 unspecified atom stereocenters. The van der Waals surface area contributed by atoms with Gasteiger partial charge in [-0.05, 0) is 48.9 Å². The van der Waals surface area contributed by atoms with Gasteiger partial charge in [-0.3, -0.25) is 9.78 Å². The second-order valence-corrected chi connectivity index (χ2v) is 7.69. The van der Waals surface area contributed by atoms with Crippen molar-refractivity contribution in [2.45, 2.75) is 25.2 Å². The van der Waals surface area contributed by atoms with E-state index in [2.05, 4.69) is 26.8 Å². The third kappa shape index (κ3) is 5.03. The van der Waals surface area contributed by atoms with Crippen LogP contribution in [0.15, 0.2) is 72.1 Å². The molecule has 4 rings (SSSR count). The summed E-state index contributed by atoms with van der Waals surface area (Å²) in [5.74, 6) is 0.153. The number of hydrogen-bond acceptors (Lipinski definition) is 5. The third-order valence-corrected chi connectivity index (χ3v) is 5.59. The second kappa shape index (κ2) is 9.61. The van der Waals surface area contributed by atoms with Crippen LogP contribution in [-0.4, -0.2) is 26.2 Å². The van der Waals surface area contributed by atoms with Crippen molar-refractivity contribution in [3.8, 4) is 11.5 Å². The molecule has 0 atom stereocenters. The van der Waals surface area contributed by atoms with Gasteiger partial charge >= 0.3 is 0 Å². The molecule has 0 aliphatic carbocycles. The van der Waals surface area contributed by atoms with Gasteiger partial charge in [0.1, 0.15) is 5.75 Å². The number of halogens is 1. The molecule has 2 aromatic carbocycles. The molecule has 8 heteroatoms. The van der Waals surface area contributed by atoms with Crippen LogP contribution in [-0.2, 0) is 17.9 Å². The molecule has 31 heavy (non-hydrogen) atoms. The quantitative estimate of drug-likeness (QED) is 0.402. The molecule has 0 saturated heterocycles. The Bertz CT molecular complexity index is 1200. The highest BCUT2D eigenvalue weighted by molar-refractivity contribution is 7.99. The number of rotatable bonds is 8. The number of carbonyl (C=O) groups excluding carboxylic acids is 1. The minimum Gasteiger partial charge on any atom is -0.453 e. The van der Waals surface area contributed by atoms with E-state index in [9.17, 15) is 9.18 Å². The van der Waals surface area contributed by atoms with Crippen molar-refractivity contribution in [2.75, 3.05) is 5.75 Å². The molecule has 0 aliphatic rings. The Balaban J connectivity index is 1.32. The van der Waals surface area contributed by atoms with Gasteiger partial charge in [-0.1, -0.05) is 30.0 Å². The van der Waals surface area contributed by atoms with Crippen LogP contribution in [0.5, 0.6) is 11.5 Å². The molecule has 1 amide bonds. The van der Waals surface area contributed by atoms with Crippen LogP contribution < -0.4 is 10.1 Å². The van der Waals surface area contributed by atoms with Crippen LogP contribution in [0.4, 0.5) is 4.39 Å². The molecule has 1 N–H and O–H groups in total. The summed E-state index contributed by atoms with van der Waals surface area (Å²) in [7, 11) is 0. The Morgan fingerprint density at radius 1 is 1.19 bits per heavy atom. The molecule has 158 valence electrons. The first kappa shape index (κ1) is 20.9. The minimum atomic E-state index is -0.498. The van der Waals surface area contributed by atoms with Gasteiger partial charge in [-0.25, -0.2) is 9.37 Å². The number of ether oxygens (including phenoxy) is 1. The van der Waals surface area contributed by atoms with Crippen LogP contribution in [0.25, 0.3) is 11.0 Å². The summed E-state index contributed by atoms with van der Waals surface area (Å²) >= 11 is 1.39. The van der Waals surface area contributed by atoms with Crippen LogP contribution in [0.1, 0.15) is 12.5 Å². The van der Waals surface area contributed by atoms with Gasteiger partial charge in [0.2, 0.25) is 5.91 Å². The van der Waals surface area contributed by atoms with Crippen molar-refractivity contribution < 1.29 is 13.9 Å². The Labute approximate surface area is 183 Å². The average molecular weight is 437 g/mol. The molecule has 0 fully saturated rings. The van der Waals surface area contributed by atoms with E-state index in [1.54, 1.807) is 30.5 Å². The number of fused-ring (bicyclic) bond motifs is 1. The summed E-state index contributed by atoms with van der Waals surface area (Å²) in [6.07, 6.45) is 3.13. The van der Waals surface area contributed by atoms with Crippen molar-refractivity contribution in [3.63, 3.8) is 0 Å². The smallest absolute Gasteiger partial charge is 0.230 e. The molecule has 6 nitrogen and oxygen atoms in total. The monoisotopic (exact) mass is 436 g/mol. The zero-order chi connectivity index (χ0) is 21.6. The molecule has 2 aromatic heterocycles. The van der Waals surface area contributed by atoms with Gasteiger partial charge in [0.05, 0.1) is 23.0 Å². The highest BCUT2D eigenvalue weighted by atomic mass is 32.2. The van der Waals surface area contributed by atoms with Gasteiger partial charge in [0, 0.05) is 19.3 Å². The maximum atomic E-state index is 14.3. The van der Waals surface area contributed by atoms with E-state index in [4.69, 9.17) is 4.74 Å². The van der Waals surface area contributed by atoms with Gasteiger partial charge in [0.25, 0.3) is 0 Å². The van der Waals surface area contributed by atoms with E-state index in [1.165, 1.54) is 24.0 Å². The van der Waals surface area contributed by atoms with E-state index in [0.717, 1.165) is 22.7 Å². The number of thioether (sulfide) groups is 1. The number of benzene rings is 2. The third-order valence-electron chi connectivity index (χ3n) is 4.62. The normalized spacial score (nSPS) is 10.9. The summed E-state index contributed by atoms with van der Waals surface area (Å²) in [4.78, 5) is 20.8. The molecule has 4 aromatic rings. The van der Waals surface area contributed by atoms with Crippen LogP contribution in [0.3, 0.4) is 0 Å². The Morgan fingerprint density at radius 3 is 2.84 bits per heavy atom. The topological polar surface area (TPSA) is 69.0 Å². The van der Waals surface area contributed by atoms with Crippen molar-refractivity contribution >= 4 is 28.7 Å². The lowest BCUT2D eigenvalue weighted by Crippen LogP contribution is -2.24. The number of pyridine rings is 1. The molecule has 0 saturated carbocycles. The first-order chi connectivity index (χ1) is 15.1. The predicted molar refractivity (Wildman–Crippen MR) is 119 cm³/mol. The van der Waals surface area contributed by atoms with Crippen molar-refractivity contribution in [1.29, 1.82) is 0 Å². The van der Waals surface area contributed by atoms with Gasteiger partial charge in [-0.2, -0.15) is 0 Å². The highest BCUT2D eigenvalue weighted by Crippen LogP contribution is 2.25. The summed E-state index contributed by atoms with van der Waals surface area (Å²) in [6.45, 7) is 3.05. The van der Waals surface area contributed by atoms with E-state index in [-0.39, 0.29) is 24.0 Å². The lowest BCUT2D eigenvalue weighted by atomic mass is 10.2. The summed E-state index contributed by atoms with van der Waals surface area (Å²) in [5, 5.41) is 3.63. The fraction of sp³-hybridized carbons (Fsp3) is 0.174. The van der Waals surface area contributed by atoms with Crippen molar-refractivity contribution in [2.24, 2.45) is 0 Å². The maximum Gasteiger partial charge on any atom is 0.230 e. The number of hydrogen-bond donors (Lipinski definition) is 1. The first-order valence-electron chi connectivity index (χ1n) is 9.85.